The molecular weight excluding hydrogens is 410 g/mol. The van der Waals surface area contributed by atoms with Gasteiger partial charge in [-0.05, 0) is 87.1 Å². The van der Waals surface area contributed by atoms with Gasteiger partial charge >= 0.3 is 5.97 Å². The fourth-order valence-electron chi connectivity index (χ4n) is 3.74. The number of amides is 1. The van der Waals surface area contributed by atoms with Crippen molar-refractivity contribution in [2.24, 2.45) is 0 Å². The number of ether oxygens (including phenoxy) is 2. The summed E-state index contributed by atoms with van der Waals surface area (Å²) in [4.78, 5) is 26.6. The molecule has 1 aliphatic rings. The molecule has 0 fully saturated rings. The molecule has 1 aliphatic carbocycles. The van der Waals surface area contributed by atoms with Gasteiger partial charge in [0.1, 0.15) is 16.5 Å². The quantitative estimate of drug-likeness (QED) is 0.471. The zero-order valence-corrected chi connectivity index (χ0v) is 18.5. The van der Waals surface area contributed by atoms with Crippen LogP contribution in [0.25, 0.3) is 0 Å². The van der Waals surface area contributed by atoms with Gasteiger partial charge in [-0.3, -0.25) is 4.79 Å². The minimum atomic E-state index is -0.362. The Hall–Kier alpha value is -3.12. The van der Waals surface area contributed by atoms with Crippen molar-refractivity contribution in [2.45, 2.75) is 39.5 Å². The fourth-order valence-corrected chi connectivity index (χ4v) is 5.01. The monoisotopic (exact) mass is 435 g/mol. The first-order valence-corrected chi connectivity index (χ1v) is 11.3. The Morgan fingerprint density at radius 1 is 1.03 bits per heavy atom. The van der Waals surface area contributed by atoms with E-state index in [1.54, 1.807) is 31.2 Å². The van der Waals surface area contributed by atoms with E-state index in [0.717, 1.165) is 42.6 Å². The van der Waals surface area contributed by atoms with Gasteiger partial charge in [-0.25, -0.2) is 4.79 Å². The zero-order valence-electron chi connectivity index (χ0n) is 17.7. The highest BCUT2D eigenvalue weighted by molar-refractivity contribution is 7.17. The molecule has 0 atom stereocenters. The number of thiophene rings is 1. The van der Waals surface area contributed by atoms with Gasteiger partial charge in [0.15, 0.2) is 0 Å². The maximum absolute atomic E-state index is 12.9. The lowest BCUT2D eigenvalue weighted by Gasteiger charge is -2.12. The van der Waals surface area contributed by atoms with Crippen molar-refractivity contribution in [2.75, 3.05) is 11.9 Å². The van der Waals surface area contributed by atoms with E-state index in [1.807, 2.05) is 31.2 Å². The van der Waals surface area contributed by atoms with E-state index < -0.39 is 0 Å². The molecule has 2 aromatic carbocycles. The minimum absolute atomic E-state index is 0.258. The van der Waals surface area contributed by atoms with Crippen LogP contribution in [0, 0.1) is 6.92 Å². The van der Waals surface area contributed by atoms with Crippen LogP contribution in [-0.4, -0.2) is 18.5 Å². The van der Waals surface area contributed by atoms with Gasteiger partial charge in [-0.2, -0.15) is 0 Å². The lowest BCUT2D eigenvalue weighted by atomic mass is 9.95. The van der Waals surface area contributed by atoms with E-state index in [4.69, 9.17) is 9.47 Å². The van der Waals surface area contributed by atoms with E-state index in [1.165, 1.54) is 16.2 Å². The normalized spacial score (nSPS) is 12.7. The topological polar surface area (TPSA) is 64.6 Å². The SMILES string of the molecule is CCOC(=O)c1c(NC(=O)c2ccc(Oc3cccc(C)c3)cc2)sc2c1CCCC2. The highest BCUT2D eigenvalue weighted by Crippen LogP contribution is 2.39. The van der Waals surface area contributed by atoms with Crippen LogP contribution in [0.15, 0.2) is 48.5 Å². The van der Waals surface area contributed by atoms with Crippen molar-refractivity contribution < 1.29 is 19.1 Å². The highest BCUT2D eigenvalue weighted by atomic mass is 32.1. The molecule has 1 N–H and O–H groups in total. The number of anilines is 1. The number of hydrogen-bond acceptors (Lipinski definition) is 5. The smallest absolute Gasteiger partial charge is 0.341 e. The number of carbonyl (C=O) groups excluding carboxylic acids is 2. The molecule has 1 aromatic heterocycles. The summed E-state index contributed by atoms with van der Waals surface area (Å²) < 4.78 is 11.1. The van der Waals surface area contributed by atoms with Crippen LogP contribution < -0.4 is 10.1 Å². The van der Waals surface area contributed by atoms with Crippen LogP contribution in [0.2, 0.25) is 0 Å². The van der Waals surface area contributed by atoms with E-state index in [-0.39, 0.29) is 11.9 Å². The second-order valence-electron chi connectivity index (χ2n) is 7.53. The molecule has 0 radical (unpaired) electrons. The van der Waals surface area contributed by atoms with Gasteiger partial charge in [0.2, 0.25) is 0 Å². The Balaban J connectivity index is 1.52. The van der Waals surface area contributed by atoms with Crippen molar-refractivity contribution in [3.63, 3.8) is 0 Å². The Bertz CT molecular complexity index is 1100. The first-order chi connectivity index (χ1) is 15.0. The van der Waals surface area contributed by atoms with Gasteiger partial charge in [0, 0.05) is 10.4 Å². The van der Waals surface area contributed by atoms with Crippen LogP contribution in [0.4, 0.5) is 5.00 Å². The van der Waals surface area contributed by atoms with Gasteiger partial charge in [-0.15, -0.1) is 11.3 Å². The second-order valence-corrected chi connectivity index (χ2v) is 8.64. The van der Waals surface area contributed by atoms with Crippen molar-refractivity contribution in [3.8, 4) is 11.5 Å². The summed E-state index contributed by atoms with van der Waals surface area (Å²) in [6, 6.07) is 14.8. The van der Waals surface area contributed by atoms with Crippen LogP contribution in [0.3, 0.4) is 0 Å². The summed E-state index contributed by atoms with van der Waals surface area (Å²) in [6.07, 6.45) is 3.94. The fraction of sp³-hybridized carbons (Fsp3) is 0.280. The Kier molecular flexibility index (Phi) is 6.37. The molecule has 3 aromatic rings. The number of fused-ring (bicyclic) bond motifs is 1. The van der Waals surface area contributed by atoms with Gasteiger partial charge in [0.05, 0.1) is 12.2 Å². The number of rotatable bonds is 6. The summed E-state index contributed by atoms with van der Waals surface area (Å²) in [7, 11) is 0. The molecule has 0 aliphatic heterocycles. The molecule has 1 heterocycles. The number of hydrogen-bond donors (Lipinski definition) is 1. The molecule has 4 rings (SSSR count). The molecule has 6 heteroatoms. The lowest BCUT2D eigenvalue weighted by molar-refractivity contribution is 0.0526. The third-order valence-corrected chi connectivity index (χ3v) is 6.43. The molecule has 0 spiro atoms. The predicted octanol–water partition coefficient (Wildman–Crippen LogP) is 6.16. The lowest BCUT2D eigenvalue weighted by Crippen LogP contribution is -2.15. The third-order valence-electron chi connectivity index (χ3n) is 5.22. The molecule has 31 heavy (non-hydrogen) atoms. The first kappa shape index (κ1) is 21.1. The van der Waals surface area contributed by atoms with Crippen LogP contribution in [-0.2, 0) is 17.6 Å². The molecule has 0 saturated carbocycles. The highest BCUT2D eigenvalue weighted by Gasteiger charge is 2.27. The maximum atomic E-state index is 12.9. The van der Waals surface area contributed by atoms with E-state index >= 15 is 0 Å². The Labute approximate surface area is 186 Å². The van der Waals surface area contributed by atoms with E-state index in [0.29, 0.717) is 28.5 Å². The average molecular weight is 436 g/mol. The Morgan fingerprint density at radius 2 is 1.81 bits per heavy atom. The number of carbonyl (C=O) groups is 2. The van der Waals surface area contributed by atoms with Crippen molar-refractivity contribution in [1.82, 2.24) is 0 Å². The summed E-state index contributed by atoms with van der Waals surface area (Å²) in [5.74, 6) is 0.784. The van der Waals surface area contributed by atoms with Crippen LogP contribution >= 0.6 is 11.3 Å². The summed E-state index contributed by atoms with van der Waals surface area (Å²) in [5.41, 5.74) is 3.17. The molecule has 0 bridgehead atoms. The van der Waals surface area contributed by atoms with Crippen molar-refractivity contribution in [3.05, 3.63) is 75.7 Å². The number of benzene rings is 2. The van der Waals surface area contributed by atoms with Gasteiger partial charge in [0.25, 0.3) is 5.91 Å². The summed E-state index contributed by atoms with van der Waals surface area (Å²) >= 11 is 1.49. The van der Waals surface area contributed by atoms with Crippen molar-refractivity contribution in [1.29, 1.82) is 0 Å². The zero-order chi connectivity index (χ0) is 21.8. The molecular formula is C25H25NO4S. The van der Waals surface area contributed by atoms with Gasteiger partial charge < -0.3 is 14.8 Å². The number of nitrogens with one attached hydrogen (secondary N) is 1. The number of aryl methyl sites for hydroxylation is 2. The number of esters is 1. The molecule has 1 amide bonds. The predicted molar refractivity (Wildman–Crippen MR) is 123 cm³/mol. The van der Waals surface area contributed by atoms with E-state index in [9.17, 15) is 9.59 Å². The standard InChI is InChI=1S/C25H25NO4S/c1-3-29-25(28)22-20-9-4-5-10-21(20)31-24(22)26-23(27)17-11-13-18(14-12-17)30-19-8-6-7-16(2)15-19/h6-8,11-15H,3-5,9-10H2,1-2H3,(H,26,27). The minimum Gasteiger partial charge on any atom is -0.462 e. The second kappa shape index (κ2) is 9.35. The summed E-state index contributed by atoms with van der Waals surface area (Å²) in [5, 5.41) is 3.52. The van der Waals surface area contributed by atoms with Crippen molar-refractivity contribution >= 4 is 28.2 Å². The third kappa shape index (κ3) is 4.80. The first-order valence-electron chi connectivity index (χ1n) is 10.5. The van der Waals surface area contributed by atoms with Crippen LogP contribution in [0.5, 0.6) is 11.5 Å². The molecule has 0 unspecified atom stereocenters. The summed E-state index contributed by atoms with van der Waals surface area (Å²) in [6.45, 7) is 4.10. The molecule has 160 valence electrons. The Morgan fingerprint density at radius 3 is 2.55 bits per heavy atom. The van der Waals surface area contributed by atoms with Crippen LogP contribution in [0.1, 0.15) is 56.5 Å². The molecule has 0 saturated heterocycles. The largest absolute Gasteiger partial charge is 0.462 e. The average Bonchev–Trinajstić information content (AvgIpc) is 3.12. The van der Waals surface area contributed by atoms with Gasteiger partial charge in [-0.1, -0.05) is 12.1 Å². The maximum Gasteiger partial charge on any atom is 0.341 e. The van der Waals surface area contributed by atoms with E-state index in [2.05, 4.69) is 5.32 Å². The molecule has 5 nitrogen and oxygen atoms in total.